The molecule has 3 aromatic rings. The average molecular weight is 338 g/mol. The maximum atomic E-state index is 12.4. The summed E-state index contributed by atoms with van der Waals surface area (Å²) in [5, 5.41) is 4.34. The molecule has 130 valence electrons. The van der Waals surface area contributed by atoms with Crippen molar-refractivity contribution >= 4 is 16.6 Å². The first-order valence-corrected chi connectivity index (χ1v) is 8.11. The van der Waals surface area contributed by atoms with Crippen LogP contribution in [0.2, 0.25) is 0 Å². The number of H-pyrrole nitrogens is 1. The number of aromatic amines is 1. The van der Waals surface area contributed by atoms with E-state index in [-0.39, 0.29) is 5.56 Å². The van der Waals surface area contributed by atoms with Crippen molar-refractivity contribution in [2.45, 2.75) is 20.4 Å². The molecule has 2 N–H and O–H groups in total. The van der Waals surface area contributed by atoms with Crippen LogP contribution in [0.5, 0.6) is 11.5 Å². The number of rotatable bonds is 5. The predicted molar refractivity (Wildman–Crippen MR) is 101 cm³/mol. The van der Waals surface area contributed by atoms with Gasteiger partial charge in [0.15, 0.2) is 0 Å². The summed E-state index contributed by atoms with van der Waals surface area (Å²) in [6.07, 6.45) is 0. The van der Waals surface area contributed by atoms with Crippen molar-refractivity contribution in [2.75, 3.05) is 19.5 Å². The number of fused-ring (bicyclic) bond motifs is 1. The van der Waals surface area contributed by atoms with Gasteiger partial charge >= 0.3 is 0 Å². The molecule has 0 aliphatic carbocycles. The van der Waals surface area contributed by atoms with Gasteiger partial charge in [0.05, 0.1) is 25.4 Å². The Kier molecular flexibility index (Phi) is 4.65. The summed E-state index contributed by atoms with van der Waals surface area (Å²) in [7, 11) is 3.22. The Bertz CT molecular complexity index is 977. The van der Waals surface area contributed by atoms with E-state index in [2.05, 4.69) is 16.4 Å². The van der Waals surface area contributed by atoms with Gasteiger partial charge in [0, 0.05) is 23.6 Å². The molecule has 5 nitrogen and oxygen atoms in total. The third-order valence-electron chi connectivity index (χ3n) is 4.40. The molecule has 1 heterocycles. The predicted octanol–water partition coefficient (Wildman–Crippen LogP) is 3.77. The minimum atomic E-state index is -0.0822. The van der Waals surface area contributed by atoms with Gasteiger partial charge in [-0.3, -0.25) is 4.79 Å². The third kappa shape index (κ3) is 3.31. The van der Waals surface area contributed by atoms with Crippen LogP contribution >= 0.6 is 0 Å². The summed E-state index contributed by atoms with van der Waals surface area (Å²) in [4.78, 5) is 15.4. The SMILES string of the molecule is COc1ccc(NCc2cc3c(C)ccc(C)c3[nH]c2=O)c(OC)c1. The Morgan fingerprint density at radius 3 is 2.48 bits per heavy atom. The molecule has 25 heavy (non-hydrogen) atoms. The number of benzene rings is 2. The summed E-state index contributed by atoms with van der Waals surface area (Å²) in [5.74, 6) is 1.39. The number of hydrogen-bond acceptors (Lipinski definition) is 4. The fourth-order valence-electron chi connectivity index (χ4n) is 2.88. The topological polar surface area (TPSA) is 63.3 Å². The maximum Gasteiger partial charge on any atom is 0.253 e. The Morgan fingerprint density at radius 1 is 1.00 bits per heavy atom. The molecule has 0 aliphatic heterocycles. The van der Waals surface area contributed by atoms with Gasteiger partial charge in [0.1, 0.15) is 11.5 Å². The Hall–Kier alpha value is -2.95. The number of hydrogen-bond donors (Lipinski definition) is 2. The number of ether oxygens (including phenoxy) is 2. The number of anilines is 1. The average Bonchev–Trinajstić information content (AvgIpc) is 2.63. The second-order valence-electron chi connectivity index (χ2n) is 6.03. The lowest BCUT2D eigenvalue weighted by atomic mass is 10.0. The molecule has 0 saturated carbocycles. The summed E-state index contributed by atoms with van der Waals surface area (Å²) >= 11 is 0. The fourth-order valence-corrected chi connectivity index (χ4v) is 2.88. The molecule has 0 fully saturated rings. The molecule has 0 aliphatic rings. The van der Waals surface area contributed by atoms with E-state index in [1.165, 1.54) is 0 Å². The quantitative estimate of drug-likeness (QED) is 0.743. The van der Waals surface area contributed by atoms with Crippen molar-refractivity contribution < 1.29 is 9.47 Å². The maximum absolute atomic E-state index is 12.4. The van der Waals surface area contributed by atoms with E-state index in [9.17, 15) is 4.79 Å². The molecule has 0 saturated heterocycles. The zero-order chi connectivity index (χ0) is 18.0. The van der Waals surface area contributed by atoms with Crippen molar-refractivity contribution in [3.8, 4) is 11.5 Å². The molecule has 1 aromatic heterocycles. The first-order valence-electron chi connectivity index (χ1n) is 8.11. The van der Waals surface area contributed by atoms with Crippen LogP contribution in [0.4, 0.5) is 5.69 Å². The Morgan fingerprint density at radius 2 is 1.76 bits per heavy atom. The number of aryl methyl sites for hydroxylation is 2. The lowest BCUT2D eigenvalue weighted by molar-refractivity contribution is 0.395. The van der Waals surface area contributed by atoms with Gasteiger partial charge in [0.25, 0.3) is 5.56 Å². The van der Waals surface area contributed by atoms with Crippen molar-refractivity contribution in [1.29, 1.82) is 0 Å². The number of methoxy groups -OCH3 is 2. The smallest absolute Gasteiger partial charge is 0.253 e. The van der Waals surface area contributed by atoms with Crippen LogP contribution in [0, 0.1) is 13.8 Å². The van der Waals surface area contributed by atoms with Crippen LogP contribution in [0.3, 0.4) is 0 Å². The number of nitrogens with one attached hydrogen (secondary N) is 2. The number of pyridine rings is 1. The van der Waals surface area contributed by atoms with Gasteiger partial charge in [-0.1, -0.05) is 12.1 Å². The standard InChI is InChI=1S/C20H22N2O3/c1-12-5-6-13(2)19-16(12)9-14(20(23)22-19)11-21-17-8-7-15(24-3)10-18(17)25-4/h5-10,21H,11H2,1-4H3,(H,22,23). The van der Waals surface area contributed by atoms with Crippen LogP contribution in [-0.4, -0.2) is 19.2 Å². The molecule has 0 unspecified atom stereocenters. The van der Waals surface area contributed by atoms with Gasteiger partial charge < -0.3 is 19.8 Å². The van der Waals surface area contributed by atoms with Gasteiger partial charge in [-0.05, 0) is 43.2 Å². The van der Waals surface area contributed by atoms with E-state index in [4.69, 9.17) is 9.47 Å². The van der Waals surface area contributed by atoms with Gasteiger partial charge in [-0.2, -0.15) is 0 Å². The van der Waals surface area contributed by atoms with Crippen molar-refractivity contribution in [3.63, 3.8) is 0 Å². The molecular weight excluding hydrogens is 316 g/mol. The lowest BCUT2D eigenvalue weighted by Gasteiger charge is -2.13. The van der Waals surface area contributed by atoms with E-state index in [1.807, 2.05) is 38.1 Å². The Labute approximate surface area is 146 Å². The normalized spacial score (nSPS) is 10.7. The third-order valence-corrected chi connectivity index (χ3v) is 4.40. The van der Waals surface area contributed by atoms with Gasteiger partial charge in [0.2, 0.25) is 0 Å². The van der Waals surface area contributed by atoms with E-state index in [0.717, 1.165) is 33.5 Å². The largest absolute Gasteiger partial charge is 0.497 e. The van der Waals surface area contributed by atoms with Crippen LogP contribution < -0.4 is 20.3 Å². The van der Waals surface area contributed by atoms with Crippen LogP contribution in [0.15, 0.2) is 41.2 Å². The van der Waals surface area contributed by atoms with E-state index in [0.29, 0.717) is 17.9 Å². The molecule has 0 bridgehead atoms. The highest BCUT2D eigenvalue weighted by atomic mass is 16.5. The molecule has 0 spiro atoms. The molecule has 0 radical (unpaired) electrons. The highest BCUT2D eigenvalue weighted by Gasteiger charge is 2.09. The van der Waals surface area contributed by atoms with E-state index >= 15 is 0 Å². The van der Waals surface area contributed by atoms with Gasteiger partial charge in [-0.15, -0.1) is 0 Å². The molecular formula is C20H22N2O3. The van der Waals surface area contributed by atoms with E-state index < -0.39 is 0 Å². The monoisotopic (exact) mass is 338 g/mol. The molecule has 2 aromatic carbocycles. The van der Waals surface area contributed by atoms with Crippen LogP contribution in [0.25, 0.3) is 10.9 Å². The summed E-state index contributed by atoms with van der Waals surface area (Å²) in [6.45, 7) is 4.45. The second-order valence-corrected chi connectivity index (χ2v) is 6.03. The first kappa shape index (κ1) is 16.9. The number of aromatic nitrogens is 1. The zero-order valence-corrected chi connectivity index (χ0v) is 14.9. The summed E-state index contributed by atoms with van der Waals surface area (Å²) in [5.41, 5.74) is 4.51. The van der Waals surface area contributed by atoms with Crippen molar-refractivity contribution in [2.24, 2.45) is 0 Å². The highest BCUT2D eigenvalue weighted by Crippen LogP contribution is 2.29. The van der Waals surface area contributed by atoms with E-state index in [1.54, 1.807) is 20.3 Å². The molecule has 3 rings (SSSR count). The van der Waals surface area contributed by atoms with Crippen LogP contribution in [0.1, 0.15) is 16.7 Å². The minimum absolute atomic E-state index is 0.0822. The zero-order valence-electron chi connectivity index (χ0n) is 14.9. The van der Waals surface area contributed by atoms with Crippen molar-refractivity contribution in [3.05, 3.63) is 63.4 Å². The first-order chi connectivity index (χ1) is 12.0. The highest BCUT2D eigenvalue weighted by molar-refractivity contribution is 5.85. The minimum Gasteiger partial charge on any atom is -0.497 e. The van der Waals surface area contributed by atoms with Gasteiger partial charge in [-0.25, -0.2) is 0 Å². The molecule has 0 atom stereocenters. The molecule has 0 amide bonds. The molecule has 5 heteroatoms. The Balaban J connectivity index is 1.93. The fraction of sp³-hybridized carbons (Fsp3) is 0.250. The second kappa shape index (κ2) is 6.89. The lowest BCUT2D eigenvalue weighted by Crippen LogP contribution is -2.16. The summed E-state index contributed by atoms with van der Waals surface area (Å²) in [6, 6.07) is 11.6. The van der Waals surface area contributed by atoms with Crippen LogP contribution in [-0.2, 0) is 6.54 Å². The van der Waals surface area contributed by atoms with Crippen molar-refractivity contribution in [1.82, 2.24) is 4.98 Å². The summed E-state index contributed by atoms with van der Waals surface area (Å²) < 4.78 is 10.6.